The molecule has 0 saturated carbocycles. The molecule has 0 unspecified atom stereocenters. The minimum absolute atomic E-state index is 0.254. The fourth-order valence-electron chi connectivity index (χ4n) is 3.24. The molecule has 0 atom stereocenters. The summed E-state index contributed by atoms with van der Waals surface area (Å²) < 4.78 is 13.9. The number of piperazine rings is 1. The number of aryl methyl sites for hydroxylation is 1. The molecule has 0 radical (unpaired) electrons. The maximum Gasteiger partial charge on any atom is 0.278 e. The zero-order chi connectivity index (χ0) is 19.7. The average molecular weight is 379 g/mol. The van der Waals surface area contributed by atoms with Crippen molar-refractivity contribution in [2.24, 2.45) is 0 Å². The molecule has 144 valence electrons. The van der Waals surface area contributed by atoms with E-state index in [1.54, 1.807) is 19.1 Å². The highest BCUT2D eigenvalue weighted by atomic mass is 19.1. The minimum Gasteiger partial charge on any atom is -0.352 e. The zero-order valence-electron chi connectivity index (χ0n) is 15.9. The molecule has 0 spiro atoms. The van der Waals surface area contributed by atoms with Crippen LogP contribution in [0.5, 0.6) is 0 Å². The fraction of sp³-hybridized carbons (Fsp3) is 0.286. The van der Waals surface area contributed by atoms with Crippen LogP contribution in [0.2, 0.25) is 0 Å². The van der Waals surface area contributed by atoms with Crippen molar-refractivity contribution in [3.63, 3.8) is 0 Å². The Balaban J connectivity index is 1.71. The number of likely N-dealkylation sites (N-methyl/N-ethyl adjacent to an activating group) is 1. The Morgan fingerprint density at radius 3 is 2.39 bits per heavy atom. The summed E-state index contributed by atoms with van der Waals surface area (Å²) in [6, 6.07) is 12.1. The van der Waals surface area contributed by atoms with Crippen LogP contribution in [0, 0.1) is 12.7 Å². The summed E-state index contributed by atoms with van der Waals surface area (Å²) in [6.45, 7) is 4.99. The maximum absolute atomic E-state index is 13.9. The Kier molecular flexibility index (Phi) is 4.92. The lowest BCUT2D eigenvalue weighted by atomic mass is 10.2. The van der Waals surface area contributed by atoms with Gasteiger partial charge in [-0.1, -0.05) is 18.2 Å². The number of aromatic nitrogens is 2. The lowest BCUT2D eigenvalue weighted by Gasteiger charge is -2.33. The Bertz CT molecular complexity index is 1030. The third kappa shape index (κ3) is 3.66. The van der Waals surface area contributed by atoms with E-state index in [0.717, 1.165) is 31.7 Å². The predicted octanol–water partition coefficient (Wildman–Crippen LogP) is 3.08. The van der Waals surface area contributed by atoms with Crippen molar-refractivity contribution < 1.29 is 9.18 Å². The van der Waals surface area contributed by atoms with Gasteiger partial charge in [-0.3, -0.25) is 4.79 Å². The second-order valence-corrected chi connectivity index (χ2v) is 7.09. The summed E-state index contributed by atoms with van der Waals surface area (Å²) >= 11 is 0. The first-order chi connectivity index (χ1) is 13.5. The van der Waals surface area contributed by atoms with Crippen molar-refractivity contribution in [2.75, 3.05) is 43.4 Å². The van der Waals surface area contributed by atoms with E-state index >= 15 is 0 Å². The van der Waals surface area contributed by atoms with E-state index in [4.69, 9.17) is 4.98 Å². The summed E-state index contributed by atoms with van der Waals surface area (Å²) in [5, 5.41) is 2.76. The molecular weight excluding hydrogens is 357 g/mol. The topological polar surface area (TPSA) is 61.4 Å². The van der Waals surface area contributed by atoms with Gasteiger partial charge in [0, 0.05) is 31.9 Å². The van der Waals surface area contributed by atoms with Gasteiger partial charge in [0.2, 0.25) is 0 Å². The van der Waals surface area contributed by atoms with Gasteiger partial charge >= 0.3 is 0 Å². The van der Waals surface area contributed by atoms with Crippen LogP contribution in [0.25, 0.3) is 11.0 Å². The Labute approximate surface area is 163 Å². The fourth-order valence-corrected chi connectivity index (χ4v) is 3.24. The molecule has 2 heterocycles. The molecule has 1 fully saturated rings. The second-order valence-electron chi connectivity index (χ2n) is 7.09. The molecule has 4 rings (SSSR count). The van der Waals surface area contributed by atoms with Crippen molar-refractivity contribution in [3.05, 3.63) is 59.5 Å². The molecule has 6 nitrogen and oxygen atoms in total. The highest BCUT2D eigenvalue weighted by molar-refractivity contribution is 6.07. The van der Waals surface area contributed by atoms with Gasteiger partial charge in [-0.15, -0.1) is 0 Å². The van der Waals surface area contributed by atoms with E-state index in [1.807, 2.05) is 24.3 Å². The molecule has 1 aliphatic heterocycles. The van der Waals surface area contributed by atoms with Crippen molar-refractivity contribution in [3.8, 4) is 0 Å². The van der Waals surface area contributed by atoms with Crippen molar-refractivity contribution in [1.82, 2.24) is 14.9 Å². The summed E-state index contributed by atoms with van der Waals surface area (Å²) in [7, 11) is 2.07. The van der Waals surface area contributed by atoms with Crippen LogP contribution in [0.3, 0.4) is 0 Å². The first kappa shape index (κ1) is 18.3. The standard InChI is InChI=1S/C21H22FN5O/c1-14-7-8-15(13-16(14)22)23-21(28)19-20(27-11-9-26(2)10-12-27)25-18-6-4-3-5-17(18)24-19/h3-8,13H,9-12H2,1-2H3,(H,23,28). The third-order valence-corrected chi connectivity index (χ3v) is 5.00. The van der Waals surface area contributed by atoms with E-state index in [2.05, 4.69) is 27.1 Å². The number of carbonyl (C=O) groups is 1. The van der Waals surface area contributed by atoms with Crippen molar-refractivity contribution in [1.29, 1.82) is 0 Å². The Hall–Kier alpha value is -3.06. The Morgan fingerprint density at radius 2 is 1.71 bits per heavy atom. The van der Waals surface area contributed by atoms with Crippen LogP contribution in [0.15, 0.2) is 42.5 Å². The monoisotopic (exact) mass is 379 g/mol. The summed E-state index contributed by atoms with van der Waals surface area (Å²) in [5.41, 5.74) is 2.58. The van der Waals surface area contributed by atoms with Gasteiger partial charge in [-0.05, 0) is 43.8 Å². The molecule has 7 heteroatoms. The number of hydrogen-bond donors (Lipinski definition) is 1. The quantitative estimate of drug-likeness (QED) is 0.758. The van der Waals surface area contributed by atoms with Crippen LogP contribution >= 0.6 is 0 Å². The zero-order valence-corrected chi connectivity index (χ0v) is 15.9. The molecule has 1 saturated heterocycles. The SMILES string of the molecule is Cc1ccc(NC(=O)c2nc3ccccc3nc2N2CCN(C)CC2)cc1F. The van der Waals surface area contributed by atoms with E-state index in [-0.39, 0.29) is 11.5 Å². The molecule has 1 amide bonds. The Morgan fingerprint density at radius 1 is 1.04 bits per heavy atom. The van der Waals surface area contributed by atoms with Crippen LogP contribution in [-0.4, -0.2) is 54.0 Å². The largest absolute Gasteiger partial charge is 0.352 e. The van der Waals surface area contributed by atoms with E-state index in [1.165, 1.54) is 6.07 Å². The first-order valence-electron chi connectivity index (χ1n) is 9.29. The van der Waals surface area contributed by atoms with Crippen LogP contribution in [0.4, 0.5) is 15.9 Å². The summed E-state index contributed by atoms with van der Waals surface area (Å²) in [6.07, 6.45) is 0. The number of para-hydroxylation sites is 2. The van der Waals surface area contributed by atoms with Crippen LogP contribution in [0.1, 0.15) is 16.1 Å². The normalized spacial score (nSPS) is 15.0. The number of carbonyl (C=O) groups excluding carboxylic acids is 1. The molecule has 0 aliphatic carbocycles. The van der Waals surface area contributed by atoms with Crippen LogP contribution in [-0.2, 0) is 0 Å². The van der Waals surface area contributed by atoms with Crippen molar-refractivity contribution in [2.45, 2.75) is 6.92 Å². The first-order valence-corrected chi connectivity index (χ1v) is 9.29. The number of rotatable bonds is 3. The van der Waals surface area contributed by atoms with Gasteiger partial charge in [0.05, 0.1) is 11.0 Å². The predicted molar refractivity (Wildman–Crippen MR) is 108 cm³/mol. The van der Waals surface area contributed by atoms with Gasteiger partial charge in [0.15, 0.2) is 11.5 Å². The molecule has 28 heavy (non-hydrogen) atoms. The molecule has 3 aromatic rings. The minimum atomic E-state index is -0.393. The molecule has 1 aromatic heterocycles. The number of nitrogens with one attached hydrogen (secondary N) is 1. The molecular formula is C21H22FN5O. The highest BCUT2D eigenvalue weighted by Gasteiger charge is 2.24. The molecule has 2 aromatic carbocycles. The lowest BCUT2D eigenvalue weighted by Crippen LogP contribution is -2.45. The number of anilines is 2. The average Bonchev–Trinajstić information content (AvgIpc) is 2.70. The van der Waals surface area contributed by atoms with E-state index in [9.17, 15) is 9.18 Å². The number of benzene rings is 2. The molecule has 1 aliphatic rings. The van der Waals surface area contributed by atoms with Gasteiger partial charge in [0.25, 0.3) is 5.91 Å². The van der Waals surface area contributed by atoms with Gasteiger partial charge in [-0.25, -0.2) is 14.4 Å². The number of nitrogens with zero attached hydrogens (tertiary/aromatic N) is 4. The second kappa shape index (κ2) is 7.52. The van der Waals surface area contributed by atoms with Gasteiger partial charge in [0.1, 0.15) is 5.82 Å². The van der Waals surface area contributed by atoms with Gasteiger partial charge in [-0.2, -0.15) is 0 Å². The smallest absolute Gasteiger partial charge is 0.278 e. The summed E-state index contributed by atoms with van der Waals surface area (Å²) in [4.78, 5) is 26.6. The number of halogens is 1. The number of amides is 1. The van der Waals surface area contributed by atoms with Gasteiger partial charge < -0.3 is 15.1 Å². The third-order valence-electron chi connectivity index (χ3n) is 5.00. The van der Waals surface area contributed by atoms with E-state index < -0.39 is 5.91 Å². The highest BCUT2D eigenvalue weighted by Crippen LogP contribution is 2.23. The van der Waals surface area contributed by atoms with Crippen LogP contribution < -0.4 is 10.2 Å². The molecule has 1 N–H and O–H groups in total. The molecule has 0 bridgehead atoms. The maximum atomic E-state index is 13.9. The van der Waals surface area contributed by atoms with Crippen molar-refractivity contribution >= 4 is 28.4 Å². The lowest BCUT2D eigenvalue weighted by molar-refractivity contribution is 0.102. The number of hydrogen-bond acceptors (Lipinski definition) is 5. The van der Waals surface area contributed by atoms with E-state index in [0.29, 0.717) is 22.6 Å². The summed E-state index contributed by atoms with van der Waals surface area (Å²) in [5.74, 6) is -0.186. The number of fused-ring (bicyclic) bond motifs is 1.